The Kier molecular flexibility index (Phi) is 8.49. The fraction of sp³-hybridized carbons (Fsp3) is 0.800. The van der Waals surface area contributed by atoms with Crippen molar-refractivity contribution >= 4 is 14.7 Å². The molecule has 22 heavy (non-hydrogen) atoms. The Labute approximate surface area is 135 Å². The number of carbonyl (C=O) groups excluding carboxylic acids is 1. The van der Waals surface area contributed by atoms with Gasteiger partial charge in [0.1, 0.15) is 0 Å². The number of nitrogens with one attached hydrogen (secondary N) is 1. The van der Waals surface area contributed by atoms with Gasteiger partial charge in [0, 0.05) is 38.5 Å². The van der Waals surface area contributed by atoms with Crippen molar-refractivity contribution in [2.45, 2.75) is 57.7 Å². The summed E-state index contributed by atoms with van der Waals surface area (Å²) in [5.74, 6) is -0.183. The Morgan fingerprint density at radius 3 is 2.00 bits per heavy atom. The predicted molar refractivity (Wildman–Crippen MR) is 90.5 cm³/mol. The van der Waals surface area contributed by atoms with Gasteiger partial charge in [0.05, 0.1) is 5.54 Å². The molecule has 0 rings (SSSR count). The van der Waals surface area contributed by atoms with Gasteiger partial charge in [-0.1, -0.05) is 13.5 Å². The van der Waals surface area contributed by atoms with Crippen molar-refractivity contribution < 1.29 is 18.1 Å². The van der Waals surface area contributed by atoms with Gasteiger partial charge in [0.25, 0.3) is 0 Å². The third-order valence-corrected chi connectivity index (χ3v) is 6.91. The minimum Gasteiger partial charge on any atom is -0.377 e. The number of amides is 1. The molecule has 0 aromatic carbocycles. The Bertz CT molecular complexity index is 370. The van der Waals surface area contributed by atoms with Gasteiger partial charge < -0.3 is 24.3 Å². The Morgan fingerprint density at radius 1 is 1.27 bits per heavy atom. The summed E-state index contributed by atoms with van der Waals surface area (Å²) < 4.78 is 16.9. The SMILES string of the molecule is C=C(C)C(=O)NC(CC)C(CC(C)(C)N)[Si](OC)(OC)OC. The van der Waals surface area contributed by atoms with Crippen molar-refractivity contribution in [1.82, 2.24) is 5.32 Å². The van der Waals surface area contributed by atoms with Gasteiger partial charge in [-0.15, -0.1) is 0 Å². The van der Waals surface area contributed by atoms with Crippen LogP contribution in [0.25, 0.3) is 0 Å². The summed E-state index contributed by atoms with van der Waals surface area (Å²) >= 11 is 0. The normalized spacial score (nSPS) is 15.3. The largest absolute Gasteiger partial charge is 0.505 e. The quantitative estimate of drug-likeness (QED) is 0.471. The lowest BCUT2D eigenvalue weighted by Crippen LogP contribution is -2.57. The van der Waals surface area contributed by atoms with Crippen molar-refractivity contribution in [2.75, 3.05) is 21.3 Å². The van der Waals surface area contributed by atoms with Gasteiger partial charge in [-0.3, -0.25) is 4.79 Å². The number of hydrogen-bond donors (Lipinski definition) is 2. The zero-order valence-corrected chi connectivity index (χ0v) is 16.0. The molecule has 0 aromatic rings. The molecule has 1 amide bonds. The van der Waals surface area contributed by atoms with E-state index in [2.05, 4.69) is 11.9 Å². The van der Waals surface area contributed by atoms with E-state index in [1.54, 1.807) is 28.3 Å². The van der Waals surface area contributed by atoms with Gasteiger partial charge in [-0.25, -0.2) is 0 Å². The van der Waals surface area contributed by atoms with Crippen LogP contribution < -0.4 is 11.1 Å². The molecule has 0 aliphatic rings. The maximum atomic E-state index is 12.0. The fourth-order valence-electron chi connectivity index (χ4n) is 2.56. The molecule has 0 saturated heterocycles. The smallest absolute Gasteiger partial charge is 0.377 e. The van der Waals surface area contributed by atoms with E-state index in [4.69, 9.17) is 19.0 Å². The van der Waals surface area contributed by atoms with Crippen LogP contribution in [0.3, 0.4) is 0 Å². The Morgan fingerprint density at radius 2 is 1.73 bits per heavy atom. The molecule has 0 spiro atoms. The van der Waals surface area contributed by atoms with E-state index < -0.39 is 14.3 Å². The van der Waals surface area contributed by atoms with Crippen molar-refractivity contribution in [1.29, 1.82) is 0 Å². The van der Waals surface area contributed by atoms with Crippen molar-refractivity contribution in [3.63, 3.8) is 0 Å². The van der Waals surface area contributed by atoms with E-state index in [0.29, 0.717) is 18.4 Å². The monoisotopic (exact) mass is 332 g/mol. The summed E-state index contributed by atoms with van der Waals surface area (Å²) in [6.45, 7) is 11.2. The zero-order chi connectivity index (χ0) is 17.6. The minimum atomic E-state index is -2.97. The maximum absolute atomic E-state index is 12.0. The number of carbonyl (C=O) groups is 1. The van der Waals surface area contributed by atoms with Crippen molar-refractivity contribution in [3.8, 4) is 0 Å². The molecule has 0 aromatic heterocycles. The highest BCUT2D eigenvalue weighted by atomic mass is 28.4. The summed E-state index contributed by atoms with van der Waals surface area (Å²) in [4.78, 5) is 12.0. The van der Waals surface area contributed by atoms with E-state index in [0.717, 1.165) is 0 Å². The van der Waals surface area contributed by atoms with Crippen LogP contribution in [0.5, 0.6) is 0 Å². The predicted octanol–water partition coefficient (Wildman–Crippen LogP) is 1.83. The topological polar surface area (TPSA) is 82.8 Å². The van der Waals surface area contributed by atoms with Crippen LogP contribution in [0.15, 0.2) is 12.2 Å². The molecular weight excluding hydrogens is 300 g/mol. The summed E-state index contributed by atoms with van der Waals surface area (Å²) in [6.07, 6.45) is 1.31. The van der Waals surface area contributed by atoms with Crippen LogP contribution in [0.2, 0.25) is 5.54 Å². The molecule has 2 unspecified atom stereocenters. The third-order valence-electron chi connectivity index (χ3n) is 3.68. The molecule has 0 bridgehead atoms. The van der Waals surface area contributed by atoms with Crippen LogP contribution in [0.4, 0.5) is 0 Å². The van der Waals surface area contributed by atoms with E-state index in [1.807, 2.05) is 20.8 Å². The molecule has 6 nitrogen and oxygen atoms in total. The van der Waals surface area contributed by atoms with E-state index >= 15 is 0 Å². The molecule has 130 valence electrons. The van der Waals surface area contributed by atoms with E-state index in [9.17, 15) is 4.79 Å². The van der Waals surface area contributed by atoms with Gasteiger partial charge >= 0.3 is 8.80 Å². The number of rotatable bonds is 10. The van der Waals surface area contributed by atoms with Crippen molar-refractivity contribution in [3.05, 3.63) is 12.2 Å². The summed E-state index contributed by atoms with van der Waals surface area (Å²) in [6, 6.07) is -0.168. The molecule has 0 heterocycles. The van der Waals surface area contributed by atoms with Crippen LogP contribution in [-0.4, -0.2) is 47.6 Å². The lowest BCUT2D eigenvalue weighted by atomic mass is 9.95. The highest BCUT2D eigenvalue weighted by molar-refractivity contribution is 6.62. The first-order valence-corrected chi connectivity index (χ1v) is 9.27. The molecular formula is C15H32N2O4Si. The van der Waals surface area contributed by atoms with Crippen molar-refractivity contribution in [2.24, 2.45) is 5.73 Å². The first-order valence-electron chi connectivity index (χ1n) is 7.47. The fourth-order valence-corrected chi connectivity index (χ4v) is 5.56. The molecule has 0 aliphatic carbocycles. The van der Waals surface area contributed by atoms with E-state index in [1.165, 1.54) is 0 Å². The second-order valence-electron chi connectivity index (χ2n) is 6.28. The van der Waals surface area contributed by atoms with Gasteiger partial charge in [-0.05, 0) is 33.6 Å². The first-order chi connectivity index (χ1) is 10.1. The number of hydrogen-bond acceptors (Lipinski definition) is 5. The molecule has 2 atom stereocenters. The van der Waals surface area contributed by atoms with Crippen LogP contribution in [0, 0.1) is 0 Å². The summed E-state index contributed by atoms with van der Waals surface area (Å²) in [5.41, 5.74) is 6.07. The summed E-state index contributed by atoms with van der Waals surface area (Å²) in [5, 5.41) is 3.00. The second kappa shape index (κ2) is 8.78. The van der Waals surface area contributed by atoms with Gasteiger partial charge in [-0.2, -0.15) is 0 Å². The van der Waals surface area contributed by atoms with E-state index in [-0.39, 0.29) is 17.5 Å². The first kappa shape index (κ1) is 21.3. The highest BCUT2D eigenvalue weighted by Gasteiger charge is 2.52. The summed E-state index contributed by atoms with van der Waals surface area (Å²) in [7, 11) is 1.75. The molecule has 0 aliphatic heterocycles. The zero-order valence-electron chi connectivity index (χ0n) is 15.0. The van der Waals surface area contributed by atoms with Gasteiger partial charge in [0.2, 0.25) is 5.91 Å². The van der Waals surface area contributed by atoms with Crippen LogP contribution >= 0.6 is 0 Å². The lowest BCUT2D eigenvalue weighted by Gasteiger charge is -2.40. The molecule has 0 fully saturated rings. The second-order valence-corrected chi connectivity index (χ2v) is 9.46. The third kappa shape index (κ3) is 5.81. The number of nitrogens with two attached hydrogens (primary N) is 1. The Balaban J connectivity index is 5.61. The maximum Gasteiger partial charge on any atom is 0.505 e. The van der Waals surface area contributed by atoms with Crippen LogP contribution in [0.1, 0.15) is 40.5 Å². The average molecular weight is 333 g/mol. The molecule has 7 heteroatoms. The molecule has 3 N–H and O–H groups in total. The minimum absolute atomic E-state index is 0.152. The highest BCUT2D eigenvalue weighted by Crippen LogP contribution is 2.35. The standard InChI is InChI=1S/C15H32N2O4Si/c1-9-12(17-14(18)11(2)3)13(10-15(4,5)16)22(19-6,20-7)21-8/h12-13H,2,9-10,16H2,1,3-8H3,(H,17,18). The Hall–Kier alpha value is -0.733. The molecule has 0 radical (unpaired) electrons. The average Bonchev–Trinajstić information content (AvgIpc) is 2.44. The molecule has 0 saturated carbocycles. The lowest BCUT2D eigenvalue weighted by molar-refractivity contribution is -0.118. The van der Waals surface area contributed by atoms with Crippen LogP contribution in [-0.2, 0) is 18.1 Å². The van der Waals surface area contributed by atoms with Gasteiger partial charge in [0.15, 0.2) is 0 Å².